The summed E-state index contributed by atoms with van der Waals surface area (Å²) in [5.41, 5.74) is 0.821. The van der Waals surface area contributed by atoms with Gasteiger partial charge in [-0.1, -0.05) is 6.07 Å². The lowest BCUT2D eigenvalue weighted by Crippen LogP contribution is -2.29. The Balaban J connectivity index is 1.55. The highest BCUT2D eigenvalue weighted by Gasteiger charge is 2.08. The normalized spacial score (nSPS) is 10.6. The molecule has 2 heterocycles. The Morgan fingerprint density at radius 2 is 1.88 bits per heavy atom. The number of rotatable bonds is 6. The molecular formula is C19H20FN5O. The highest BCUT2D eigenvalue weighted by Crippen LogP contribution is 2.11. The third-order valence-corrected chi connectivity index (χ3v) is 3.84. The van der Waals surface area contributed by atoms with Crippen molar-refractivity contribution in [2.75, 3.05) is 18.4 Å². The minimum absolute atomic E-state index is 0.306. The first-order valence-corrected chi connectivity index (χ1v) is 8.30. The molecule has 7 heteroatoms. The van der Waals surface area contributed by atoms with Crippen LogP contribution in [0.1, 0.15) is 21.7 Å². The third-order valence-electron chi connectivity index (χ3n) is 3.84. The second kappa shape index (κ2) is 7.77. The molecule has 0 bridgehead atoms. The second-order valence-electron chi connectivity index (χ2n) is 5.90. The van der Waals surface area contributed by atoms with Crippen molar-refractivity contribution in [2.45, 2.75) is 13.8 Å². The number of halogens is 1. The van der Waals surface area contributed by atoms with Crippen LogP contribution in [0.3, 0.4) is 0 Å². The number of hydrogen-bond donors (Lipinski definition) is 2. The van der Waals surface area contributed by atoms with Crippen LogP contribution in [0.2, 0.25) is 0 Å². The van der Waals surface area contributed by atoms with Crippen molar-refractivity contribution in [3.8, 4) is 5.82 Å². The highest BCUT2D eigenvalue weighted by atomic mass is 19.1. The highest BCUT2D eigenvalue weighted by molar-refractivity contribution is 5.94. The van der Waals surface area contributed by atoms with Crippen molar-refractivity contribution in [1.82, 2.24) is 19.9 Å². The van der Waals surface area contributed by atoms with Gasteiger partial charge in [0.05, 0.1) is 0 Å². The minimum Gasteiger partial charge on any atom is -0.368 e. The van der Waals surface area contributed by atoms with Crippen molar-refractivity contribution in [3.05, 3.63) is 71.6 Å². The zero-order valence-corrected chi connectivity index (χ0v) is 14.7. The molecule has 3 aromatic rings. The molecule has 0 aliphatic carbocycles. The van der Waals surface area contributed by atoms with Gasteiger partial charge in [0.1, 0.15) is 23.3 Å². The van der Waals surface area contributed by atoms with E-state index in [1.807, 2.05) is 42.1 Å². The van der Waals surface area contributed by atoms with Crippen LogP contribution < -0.4 is 10.6 Å². The zero-order chi connectivity index (χ0) is 18.5. The van der Waals surface area contributed by atoms with E-state index in [9.17, 15) is 9.18 Å². The number of aryl methyl sites for hydroxylation is 2. The lowest BCUT2D eigenvalue weighted by molar-refractivity contribution is 0.0954. The molecule has 1 amide bonds. The van der Waals surface area contributed by atoms with Gasteiger partial charge in [0.15, 0.2) is 0 Å². The number of hydrogen-bond acceptors (Lipinski definition) is 4. The molecule has 2 N–H and O–H groups in total. The van der Waals surface area contributed by atoms with E-state index >= 15 is 0 Å². The van der Waals surface area contributed by atoms with E-state index in [-0.39, 0.29) is 11.7 Å². The van der Waals surface area contributed by atoms with E-state index in [2.05, 4.69) is 20.6 Å². The fraction of sp³-hybridized carbons (Fsp3) is 0.211. The molecule has 0 saturated heterocycles. The van der Waals surface area contributed by atoms with Gasteiger partial charge in [0, 0.05) is 37.1 Å². The van der Waals surface area contributed by atoms with Gasteiger partial charge >= 0.3 is 0 Å². The number of anilines is 1. The number of aromatic nitrogens is 3. The molecule has 26 heavy (non-hydrogen) atoms. The monoisotopic (exact) mass is 353 g/mol. The van der Waals surface area contributed by atoms with Crippen molar-refractivity contribution in [3.63, 3.8) is 0 Å². The van der Waals surface area contributed by atoms with E-state index in [4.69, 9.17) is 0 Å². The Morgan fingerprint density at radius 3 is 2.62 bits per heavy atom. The van der Waals surface area contributed by atoms with Crippen LogP contribution in [0.15, 0.2) is 48.8 Å². The Morgan fingerprint density at radius 1 is 1.12 bits per heavy atom. The Hall–Kier alpha value is -3.22. The maximum absolute atomic E-state index is 13.5. The van der Waals surface area contributed by atoms with E-state index in [0.717, 1.165) is 5.82 Å². The van der Waals surface area contributed by atoms with Gasteiger partial charge in [-0.3, -0.25) is 4.79 Å². The number of carbonyl (C=O) groups is 1. The summed E-state index contributed by atoms with van der Waals surface area (Å²) in [6.45, 7) is 4.36. The van der Waals surface area contributed by atoms with Crippen LogP contribution in [-0.2, 0) is 0 Å². The van der Waals surface area contributed by atoms with Crippen LogP contribution in [0.25, 0.3) is 5.82 Å². The summed E-state index contributed by atoms with van der Waals surface area (Å²) in [6.07, 6.45) is 3.82. The van der Waals surface area contributed by atoms with E-state index in [0.29, 0.717) is 35.9 Å². The average Bonchev–Trinajstić information content (AvgIpc) is 3.15. The van der Waals surface area contributed by atoms with Crippen molar-refractivity contribution in [1.29, 1.82) is 0 Å². The molecule has 0 aliphatic rings. The second-order valence-corrected chi connectivity index (χ2v) is 5.90. The topological polar surface area (TPSA) is 71.8 Å². The summed E-state index contributed by atoms with van der Waals surface area (Å²) in [5.74, 6) is 1.40. The molecule has 134 valence electrons. The molecule has 0 spiro atoms. The lowest BCUT2D eigenvalue weighted by atomic mass is 10.1. The van der Waals surface area contributed by atoms with Crippen LogP contribution >= 0.6 is 0 Å². The summed E-state index contributed by atoms with van der Waals surface area (Å²) in [5, 5.41) is 5.92. The van der Waals surface area contributed by atoms with Crippen LogP contribution in [0.5, 0.6) is 0 Å². The predicted octanol–water partition coefficient (Wildman–Crippen LogP) is 2.87. The molecule has 0 saturated carbocycles. The molecule has 0 fully saturated rings. The average molecular weight is 353 g/mol. The summed E-state index contributed by atoms with van der Waals surface area (Å²) < 4.78 is 15.4. The quantitative estimate of drug-likeness (QED) is 0.669. The van der Waals surface area contributed by atoms with Crippen LogP contribution in [-0.4, -0.2) is 33.5 Å². The van der Waals surface area contributed by atoms with E-state index in [1.54, 1.807) is 19.1 Å². The Kier molecular flexibility index (Phi) is 5.26. The van der Waals surface area contributed by atoms with Gasteiger partial charge in [-0.05, 0) is 43.7 Å². The van der Waals surface area contributed by atoms with Gasteiger partial charge in [0.2, 0.25) is 0 Å². The molecule has 6 nitrogen and oxygen atoms in total. The Labute approximate surface area is 151 Å². The first-order valence-electron chi connectivity index (χ1n) is 8.30. The SMILES string of the molecule is Cc1nc(NCCNC(=O)c2ccc(C)c(F)c2)cc(-n2cccc2)n1. The smallest absolute Gasteiger partial charge is 0.251 e. The molecule has 2 aromatic heterocycles. The summed E-state index contributed by atoms with van der Waals surface area (Å²) in [6, 6.07) is 10.1. The van der Waals surface area contributed by atoms with E-state index < -0.39 is 0 Å². The predicted molar refractivity (Wildman–Crippen MR) is 98.1 cm³/mol. The molecule has 0 aliphatic heterocycles. The number of amides is 1. The fourth-order valence-corrected chi connectivity index (χ4v) is 2.46. The van der Waals surface area contributed by atoms with Crippen LogP contribution in [0, 0.1) is 19.7 Å². The minimum atomic E-state index is -0.384. The van der Waals surface area contributed by atoms with Gasteiger partial charge in [-0.2, -0.15) is 0 Å². The van der Waals surface area contributed by atoms with Crippen molar-refractivity contribution >= 4 is 11.7 Å². The molecule has 0 atom stereocenters. The summed E-state index contributed by atoms with van der Waals surface area (Å²) >= 11 is 0. The maximum Gasteiger partial charge on any atom is 0.251 e. The first kappa shape index (κ1) is 17.6. The maximum atomic E-state index is 13.5. The number of nitrogens with zero attached hydrogens (tertiary/aromatic N) is 3. The van der Waals surface area contributed by atoms with Gasteiger partial charge in [-0.25, -0.2) is 14.4 Å². The number of nitrogens with one attached hydrogen (secondary N) is 2. The first-order chi connectivity index (χ1) is 12.5. The zero-order valence-electron chi connectivity index (χ0n) is 14.7. The summed E-state index contributed by atoms with van der Waals surface area (Å²) in [7, 11) is 0. The molecule has 0 unspecified atom stereocenters. The largest absolute Gasteiger partial charge is 0.368 e. The van der Waals surface area contributed by atoms with Gasteiger partial charge in [-0.15, -0.1) is 0 Å². The summed E-state index contributed by atoms with van der Waals surface area (Å²) in [4.78, 5) is 20.8. The number of benzene rings is 1. The lowest BCUT2D eigenvalue weighted by Gasteiger charge is -2.10. The molecular weight excluding hydrogens is 333 g/mol. The fourth-order valence-electron chi connectivity index (χ4n) is 2.46. The molecule has 3 rings (SSSR count). The molecule has 1 aromatic carbocycles. The van der Waals surface area contributed by atoms with Gasteiger partial charge in [0.25, 0.3) is 5.91 Å². The third kappa shape index (κ3) is 4.24. The molecule has 0 radical (unpaired) electrons. The van der Waals surface area contributed by atoms with Crippen LogP contribution in [0.4, 0.5) is 10.2 Å². The van der Waals surface area contributed by atoms with Crippen molar-refractivity contribution < 1.29 is 9.18 Å². The van der Waals surface area contributed by atoms with Crippen molar-refractivity contribution in [2.24, 2.45) is 0 Å². The standard InChI is InChI=1S/C19H20FN5O/c1-13-5-6-15(11-16(13)20)19(26)22-8-7-21-17-12-18(24-14(2)23-17)25-9-3-4-10-25/h3-6,9-12H,7-8H2,1-2H3,(H,22,26)(H,21,23,24). The van der Waals surface area contributed by atoms with Gasteiger partial charge < -0.3 is 15.2 Å². The van der Waals surface area contributed by atoms with E-state index in [1.165, 1.54) is 6.07 Å². The number of carbonyl (C=O) groups excluding carboxylic acids is 1. The Bertz CT molecular complexity index is 908.